The van der Waals surface area contributed by atoms with Crippen LogP contribution in [0.15, 0.2) is 243 Å². The van der Waals surface area contributed by atoms with Crippen LogP contribution in [0.3, 0.4) is 0 Å². The fourth-order valence-corrected chi connectivity index (χ4v) is 9.38. The van der Waals surface area contributed by atoms with E-state index in [1.54, 1.807) is 0 Å². The number of rotatable bonds is 8. The van der Waals surface area contributed by atoms with Crippen LogP contribution in [0, 0.1) is 0 Å². The first-order chi connectivity index (χ1) is 31.7. The topological polar surface area (TPSA) is 35.6 Å². The maximum atomic E-state index is 5.02. The zero-order valence-corrected chi connectivity index (χ0v) is 34.9. The molecular formula is C60H40N4. The van der Waals surface area contributed by atoms with E-state index in [-0.39, 0.29) is 0 Å². The van der Waals surface area contributed by atoms with Gasteiger partial charge in [0.2, 0.25) is 0 Å². The minimum atomic E-state index is 0.694. The molecule has 12 aromatic rings. The Kier molecular flexibility index (Phi) is 9.12. The molecule has 0 aliphatic heterocycles. The molecule has 0 saturated carbocycles. The second-order valence-electron chi connectivity index (χ2n) is 16.2. The number of hydrogen-bond acceptors (Lipinski definition) is 2. The number of benzene rings is 10. The van der Waals surface area contributed by atoms with E-state index in [2.05, 4.69) is 211 Å². The van der Waals surface area contributed by atoms with E-state index < -0.39 is 0 Å². The molecule has 0 radical (unpaired) electrons. The third-order valence-corrected chi connectivity index (χ3v) is 12.4. The number of aromatic nitrogens is 4. The third kappa shape index (κ3) is 6.48. The molecule has 4 heteroatoms. The lowest BCUT2D eigenvalue weighted by atomic mass is 9.89. The van der Waals surface area contributed by atoms with Crippen molar-refractivity contribution in [1.82, 2.24) is 19.3 Å². The molecule has 10 aromatic carbocycles. The molecule has 300 valence electrons. The van der Waals surface area contributed by atoms with Crippen LogP contribution in [0.5, 0.6) is 0 Å². The van der Waals surface area contributed by atoms with Gasteiger partial charge >= 0.3 is 0 Å². The van der Waals surface area contributed by atoms with Gasteiger partial charge in [-0.2, -0.15) is 0 Å². The molecule has 0 saturated heterocycles. The average molecular weight is 817 g/mol. The lowest BCUT2D eigenvalue weighted by Gasteiger charge is -2.16. The Hall–Kier alpha value is -8.60. The summed E-state index contributed by atoms with van der Waals surface area (Å²) in [7, 11) is 0. The second-order valence-corrected chi connectivity index (χ2v) is 16.2. The van der Waals surface area contributed by atoms with Gasteiger partial charge < -0.3 is 4.57 Å². The van der Waals surface area contributed by atoms with Crippen molar-refractivity contribution in [3.05, 3.63) is 243 Å². The predicted molar refractivity (Wildman–Crippen MR) is 266 cm³/mol. The molecule has 0 aliphatic rings. The summed E-state index contributed by atoms with van der Waals surface area (Å²) in [4.78, 5) is 5.02. The zero-order chi connectivity index (χ0) is 42.4. The Morgan fingerprint density at radius 2 is 0.797 bits per heavy atom. The second kappa shape index (κ2) is 15.7. The summed E-state index contributed by atoms with van der Waals surface area (Å²) < 4.78 is 4.35. The lowest BCUT2D eigenvalue weighted by Crippen LogP contribution is -1.99. The molecule has 2 aromatic heterocycles. The monoisotopic (exact) mass is 816 g/mol. The highest BCUT2D eigenvalue weighted by molar-refractivity contribution is 6.11. The molecule has 0 unspecified atom stereocenters. The molecule has 12 rings (SSSR count). The lowest BCUT2D eigenvalue weighted by molar-refractivity contribution is 0.891. The van der Waals surface area contributed by atoms with Crippen LogP contribution >= 0.6 is 0 Å². The molecule has 0 amide bonds. The maximum absolute atomic E-state index is 5.02. The minimum absolute atomic E-state index is 0.694. The summed E-state index contributed by atoms with van der Waals surface area (Å²) in [5.74, 6) is 1.50. The maximum Gasteiger partial charge on any atom is 0.182 e. The first-order valence-electron chi connectivity index (χ1n) is 21.7. The van der Waals surface area contributed by atoms with Gasteiger partial charge in [-0.05, 0) is 97.7 Å². The molecule has 2 heterocycles. The SMILES string of the molecule is c1ccc(-c2nc(-c3ccccc3)n(-c3ccc(-c4ccccc4-c4ccccc4-c4ccc(-n5c6ccccc6c6cc(-c7cccc8ccccc78)ccc65)cc4)cc3)n2)cc1. The van der Waals surface area contributed by atoms with Crippen LogP contribution in [-0.2, 0) is 0 Å². The Labute approximate surface area is 371 Å². The fraction of sp³-hybridized carbons (Fsp3) is 0. The molecule has 0 atom stereocenters. The molecule has 0 bridgehead atoms. The van der Waals surface area contributed by atoms with Crippen molar-refractivity contribution in [1.29, 1.82) is 0 Å². The molecule has 4 nitrogen and oxygen atoms in total. The predicted octanol–water partition coefficient (Wildman–Crippen LogP) is 15.5. The summed E-state index contributed by atoms with van der Waals surface area (Å²) in [6.45, 7) is 0. The van der Waals surface area contributed by atoms with E-state index in [4.69, 9.17) is 10.1 Å². The number of fused-ring (bicyclic) bond motifs is 4. The van der Waals surface area contributed by atoms with Crippen molar-refractivity contribution in [3.8, 4) is 78.7 Å². The van der Waals surface area contributed by atoms with Gasteiger partial charge in [-0.15, -0.1) is 5.10 Å². The van der Waals surface area contributed by atoms with Crippen LogP contribution in [0.25, 0.3) is 111 Å². The van der Waals surface area contributed by atoms with Gasteiger partial charge in [-0.25, -0.2) is 9.67 Å². The molecule has 0 fully saturated rings. The normalized spacial score (nSPS) is 11.4. The minimum Gasteiger partial charge on any atom is -0.309 e. The molecule has 0 aliphatic carbocycles. The van der Waals surface area contributed by atoms with Crippen molar-refractivity contribution in [2.45, 2.75) is 0 Å². The number of hydrogen-bond donors (Lipinski definition) is 0. The molecule has 0 spiro atoms. The van der Waals surface area contributed by atoms with Gasteiger partial charge in [0.15, 0.2) is 11.6 Å². The van der Waals surface area contributed by atoms with Crippen LogP contribution in [0.4, 0.5) is 0 Å². The van der Waals surface area contributed by atoms with Crippen molar-refractivity contribution in [2.75, 3.05) is 0 Å². The molecule has 64 heavy (non-hydrogen) atoms. The van der Waals surface area contributed by atoms with Gasteiger partial charge in [-0.1, -0.05) is 200 Å². The zero-order valence-electron chi connectivity index (χ0n) is 34.9. The van der Waals surface area contributed by atoms with E-state index in [0.717, 1.165) is 45.0 Å². The van der Waals surface area contributed by atoms with Gasteiger partial charge in [0.1, 0.15) is 0 Å². The Morgan fingerprint density at radius 3 is 1.48 bits per heavy atom. The quantitative estimate of drug-likeness (QED) is 0.153. The van der Waals surface area contributed by atoms with Gasteiger partial charge in [0.05, 0.1) is 16.7 Å². The van der Waals surface area contributed by atoms with E-state index in [9.17, 15) is 0 Å². The van der Waals surface area contributed by atoms with Crippen LogP contribution in [-0.4, -0.2) is 19.3 Å². The van der Waals surface area contributed by atoms with Gasteiger partial charge in [0.25, 0.3) is 0 Å². The summed E-state index contributed by atoms with van der Waals surface area (Å²) >= 11 is 0. The highest BCUT2D eigenvalue weighted by Crippen LogP contribution is 2.41. The van der Waals surface area contributed by atoms with E-state index in [1.165, 1.54) is 60.4 Å². The van der Waals surface area contributed by atoms with Crippen LogP contribution in [0.2, 0.25) is 0 Å². The molecule has 0 N–H and O–H groups in total. The van der Waals surface area contributed by atoms with E-state index in [1.807, 2.05) is 41.1 Å². The van der Waals surface area contributed by atoms with Crippen LogP contribution in [0.1, 0.15) is 0 Å². The summed E-state index contributed by atoms with van der Waals surface area (Å²) in [6.07, 6.45) is 0. The largest absolute Gasteiger partial charge is 0.309 e. The van der Waals surface area contributed by atoms with Gasteiger partial charge in [0, 0.05) is 27.6 Å². The van der Waals surface area contributed by atoms with Crippen LogP contribution < -0.4 is 0 Å². The van der Waals surface area contributed by atoms with Crippen molar-refractivity contribution < 1.29 is 0 Å². The molecular weight excluding hydrogens is 777 g/mol. The number of para-hydroxylation sites is 1. The highest BCUT2D eigenvalue weighted by Gasteiger charge is 2.18. The summed E-state index contributed by atoms with van der Waals surface area (Å²) in [5.41, 5.74) is 15.9. The Morgan fingerprint density at radius 1 is 0.297 bits per heavy atom. The summed E-state index contributed by atoms with van der Waals surface area (Å²) in [5, 5.41) is 10.0. The van der Waals surface area contributed by atoms with E-state index >= 15 is 0 Å². The Balaban J connectivity index is 0.893. The smallest absolute Gasteiger partial charge is 0.182 e. The fourth-order valence-electron chi connectivity index (χ4n) is 9.38. The first kappa shape index (κ1) is 37.2. The first-order valence-corrected chi connectivity index (χ1v) is 21.7. The van der Waals surface area contributed by atoms with Gasteiger partial charge in [-0.3, -0.25) is 0 Å². The number of nitrogens with zero attached hydrogens (tertiary/aromatic N) is 4. The standard InChI is InChI=1S/C60H40N4/c1-3-17-44(18-4-1)59-61-60(45-19-5-2-6-20-45)64(62-59)48-37-32-43(33-38-48)51-24-10-12-26-54(51)53-25-11-9-23-50(53)42-30-35-47(36-31-42)63-57-29-14-13-27-55(57)56-40-46(34-39-58(56)63)52-28-15-21-41-16-7-8-22-49(41)52/h1-40H. The van der Waals surface area contributed by atoms with Crippen molar-refractivity contribution in [3.63, 3.8) is 0 Å². The third-order valence-electron chi connectivity index (χ3n) is 12.4. The van der Waals surface area contributed by atoms with Crippen molar-refractivity contribution in [2.24, 2.45) is 0 Å². The summed E-state index contributed by atoms with van der Waals surface area (Å²) in [6, 6.07) is 86.5. The van der Waals surface area contributed by atoms with E-state index in [0.29, 0.717) is 5.82 Å². The van der Waals surface area contributed by atoms with Crippen molar-refractivity contribution >= 4 is 32.6 Å². The highest BCUT2D eigenvalue weighted by atomic mass is 15.4. The Bertz CT molecular complexity index is 3630. The average Bonchev–Trinajstić information content (AvgIpc) is 3.97.